The Labute approximate surface area is 122 Å². The van der Waals surface area contributed by atoms with E-state index < -0.39 is 11.8 Å². The van der Waals surface area contributed by atoms with Crippen molar-refractivity contribution >= 4 is 5.97 Å². The highest BCUT2D eigenvalue weighted by atomic mass is 16.7. The molecule has 0 aromatic heterocycles. The lowest BCUT2D eigenvalue weighted by molar-refractivity contribution is -0.189. The van der Waals surface area contributed by atoms with Crippen LogP contribution in [0.1, 0.15) is 12.5 Å². The van der Waals surface area contributed by atoms with Crippen LogP contribution in [0, 0.1) is 11.3 Å². The lowest BCUT2D eigenvalue weighted by Gasteiger charge is -2.20. The van der Waals surface area contributed by atoms with Gasteiger partial charge in [-0.1, -0.05) is 30.3 Å². The summed E-state index contributed by atoms with van der Waals surface area (Å²) in [7, 11) is 0. The highest BCUT2D eigenvalue weighted by Crippen LogP contribution is 2.28. The Morgan fingerprint density at radius 3 is 2.43 bits per heavy atom. The molecule has 0 heterocycles. The number of carbonyl (C=O) groups is 1. The van der Waals surface area contributed by atoms with Crippen molar-refractivity contribution in [3.05, 3.63) is 60.2 Å². The Hall–Kier alpha value is -2.84. The van der Waals surface area contributed by atoms with Crippen molar-refractivity contribution in [3.63, 3.8) is 0 Å². The van der Waals surface area contributed by atoms with E-state index in [2.05, 4.69) is 4.74 Å². The average Bonchev–Trinajstić information content (AvgIpc) is 2.48. The molecule has 2 aromatic carbocycles. The molecule has 5 heteroatoms. The summed E-state index contributed by atoms with van der Waals surface area (Å²) >= 11 is 0. The van der Waals surface area contributed by atoms with Gasteiger partial charge in [0, 0.05) is 12.5 Å². The van der Waals surface area contributed by atoms with Gasteiger partial charge in [0.05, 0.1) is 0 Å². The highest BCUT2D eigenvalue weighted by molar-refractivity contribution is 5.67. The highest BCUT2D eigenvalue weighted by Gasteiger charge is 2.33. The molecule has 1 unspecified atom stereocenters. The predicted molar refractivity (Wildman–Crippen MR) is 74.2 cm³/mol. The van der Waals surface area contributed by atoms with Crippen LogP contribution in [0.3, 0.4) is 0 Å². The quantitative estimate of drug-likeness (QED) is 0.530. The molecule has 2 rings (SSSR count). The predicted octanol–water partition coefficient (Wildman–Crippen LogP) is 2.71. The van der Waals surface area contributed by atoms with Crippen LogP contribution in [0.2, 0.25) is 0 Å². The number of rotatable bonds is 4. The Morgan fingerprint density at radius 2 is 1.81 bits per heavy atom. The van der Waals surface area contributed by atoms with Crippen molar-refractivity contribution in [2.75, 3.05) is 0 Å². The number of hydrogen-bond donors (Lipinski definition) is 1. The summed E-state index contributed by atoms with van der Waals surface area (Å²) in [6.45, 7) is 1.12. The first-order valence-electron chi connectivity index (χ1n) is 6.20. The molecule has 1 atom stereocenters. The third-order valence-corrected chi connectivity index (χ3v) is 2.65. The van der Waals surface area contributed by atoms with Gasteiger partial charge in [-0.2, -0.15) is 5.26 Å². The molecule has 1 N–H and O–H groups in total. The van der Waals surface area contributed by atoms with Crippen molar-refractivity contribution in [3.8, 4) is 17.6 Å². The van der Waals surface area contributed by atoms with Crippen molar-refractivity contribution < 1.29 is 19.4 Å². The van der Waals surface area contributed by atoms with Crippen molar-refractivity contribution in [2.24, 2.45) is 0 Å². The summed E-state index contributed by atoms with van der Waals surface area (Å²) in [6.07, 6.45) is 0. The number of carbonyl (C=O) groups excluding carboxylic acids is 1. The van der Waals surface area contributed by atoms with E-state index in [1.807, 2.05) is 18.2 Å². The molecule has 0 aliphatic carbocycles. The average molecular weight is 283 g/mol. The van der Waals surface area contributed by atoms with Crippen LogP contribution in [0.5, 0.6) is 11.5 Å². The van der Waals surface area contributed by atoms with E-state index in [4.69, 9.17) is 10.00 Å². The van der Waals surface area contributed by atoms with Crippen LogP contribution in [0.4, 0.5) is 0 Å². The molecule has 106 valence electrons. The number of esters is 1. The van der Waals surface area contributed by atoms with Crippen LogP contribution in [-0.2, 0) is 15.3 Å². The summed E-state index contributed by atoms with van der Waals surface area (Å²) in [5, 5.41) is 19.1. The molecule has 0 bridgehead atoms. The zero-order chi connectivity index (χ0) is 15.3. The van der Waals surface area contributed by atoms with Crippen LogP contribution in [0.15, 0.2) is 54.6 Å². The van der Waals surface area contributed by atoms with Gasteiger partial charge in [-0.15, -0.1) is 0 Å². The van der Waals surface area contributed by atoms with E-state index in [-0.39, 0.29) is 5.56 Å². The second-order valence-corrected chi connectivity index (χ2v) is 4.29. The molecule has 2 aromatic rings. The molecule has 5 nitrogen and oxygen atoms in total. The van der Waals surface area contributed by atoms with E-state index in [0.717, 1.165) is 6.92 Å². The number of ether oxygens (including phenoxy) is 2. The fourth-order valence-corrected chi connectivity index (χ4v) is 1.75. The SMILES string of the molecule is CC(=O)OC(O)(C#N)c1cccc(Oc2ccccc2)c1. The van der Waals surface area contributed by atoms with E-state index in [9.17, 15) is 9.90 Å². The standard InChI is InChI=1S/C16H13NO4/c1-12(18)21-16(19,11-17)13-6-5-9-15(10-13)20-14-7-3-2-4-8-14/h2-10,19H,1H3. The van der Waals surface area contributed by atoms with Gasteiger partial charge in [0.25, 0.3) is 0 Å². The van der Waals surface area contributed by atoms with Gasteiger partial charge in [-0.25, -0.2) is 0 Å². The van der Waals surface area contributed by atoms with Gasteiger partial charge >= 0.3 is 11.8 Å². The maximum absolute atomic E-state index is 11.0. The Morgan fingerprint density at radius 1 is 1.14 bits per heavy atom. The first-order chi connectivity index (χ1) is 10.0. The van der Waals surface area contributed by atoms with Crippen LogP contribution < -0.4 is 4.74 Å². The minimum Gasteiger partial charge on any atom is -0.457 e. The van der Waals surface area contributed by atoms with E-state index in [1.165, 1.54) is 12.1 Å². The lowest BCUT2D eigenvalue weighted by Crippen LogP contribution is -2.29. The fourth-order valence-electron chi connectivity index (χ4n) is 1.75. The van der Waals surface area contributed by atoms with Gasteiger partial charge in [0.1, 0.15) is 17.6 Å². The molecule has 0 saturated carbocycles. The first kappa shape index (κ1) is 14.6. The smallest absolute Gasteiger partial charge is 0.328 e. The topological polar surface area (TPSA) is 79.5 Å². The van der Waals surface area contributed by atoms with Crippen LogP contribution >= 0.6 is 0 Å². The molecule has 0 amide bonds. The Kier molecular flexibility index (Phi) is 4.21. The molecule has 0 aliphatic heterocycles. The van der Waals surface area contributed by atoms with E-state index in [0.29, 0.717) is 11.5 Å². The monoisotopic (exact) mass is 283 g/mol. The Bertz CT molecular complexity index is 678. The molecule has 0 aliphatic rings. The van der Waals surface area contributed by atoms with Crippen LogP contribution in [-0.4, -0.2) is 11.1 Å². The largest absolute Gasteiger partial charge is 0.457 e. The van der Waals surface area contributed by atoms with Crippen molar-refractivity contribution in [1.82, 2.24) is 0 Å². The van der Waals surface area contributed by atoms with Crippen molar-refractivity contribution in [2.45, 2.75) is 12.7 Å². The summed E-state index contributed by atoms with van der Waals surface area (Å²) in [5.41, 5.74) is 0.119. The minimum absolute atomic E-state index is 0.119. The van der Waals surface area contributed by atoms with Gasteiger partial charge in [-0.05, 0) is 24.3 Å². The minimum atomic E-state index is -2.33. The summed E-state index contributed by atoms with van der Waals surface area (Å²) in [5.74, 6) is -2.06. The zero-order valence-electron chi connectivity index (χ0n) is 11.3. The number of nitrogens with zero attached hydrogens (tertiary/aromatic N) is 1. The normalized spacial score (nSPS) is 12.8. The maximum Gasteiger partial charge on any atom is 0.328 e. The fraction of sp³-hybridized carbons (Fsp3) is 0.125. The van der Waals surface area contributed by atoms with Gasteiger partial charge < -0.3 is 14.6 Å². The Balaban J connectivity index is 2.29. The lowest BCUT2D eigenvalue weighted by atomic mass is 10.1. The zero-order valence-corrected chi connectivity index (χ0v) is 11.3. The maximum atomic E-state index is 11.0. The van der Waals surface area contributed by atoms with Gasteiger partial charge in [0.15, 0.2) is 0 Å². The molecular formula is C16H13NO4. The third kappa shape index (κ3) is 3.59. The molecule has 21 heavy (non-hydrogen) atoms. The van der Waals surface area contributed by atoms with Gasteiger partial charge in [-0.3, -0.25) is 4.79 Å². The third-order valence-electron chi connectivity index (χ3n) is 2.65. The van der Waals surface area contributed by atoms with E-state index in [1.54, 1.807) is 30.3 Å². The summed E-state index contributed by atoms with van der Waals surface area (Å²) in [4.78, 5) is 11.0. The number of aliphatic hydroxyl groups is 1. The molecule has 0 spiro atoms. The van der Waals surface area contributed by atoms with Gasteiger partial charge in [0.2, 0.25) is 0 Å². The number of para-hydroxylation sites is 1. The number of benzene rings is 2. The first-order valence-corrected chi connectivity index (χ1v) is 6.20. The number of hydrogen-bond acceptors (Lipinski definition) is 5. The summed E-state index contributed by atoms with van der Waals surface area (Å²) in [6, 6.07) is 16.8. The van der Waals surface area contributed by atoms with Crippen LogP contribution in [0.25, 0.3) is 0 Å². The van der Waals surface area contributed by atoms with E-state index >= 15 is 0 Å². The second kappa shape index (κ2) is 6.07. The number of nitriles is 1. The second-order valence-electron chi connectivity index (χ2n) is 4.29. The molecular weight excluding hydrogens is 270 g/mol. The molecule has 0 radical (unpaired) electrons. The van der Waals surface area contributed by atoms with Crippen molar-refractivity contribution in [1.29, 1.82) is 5.26 Å². The molecule has 0 saturated heterocycles. The summed E-state index contributed by atoms with van der Waals surface area (Å²) < 4.78 is 10.3. The molecule has 0 fully saturated rings.